The van der Waals surface area contributed by atoms with Gasteiger partial charge in [0.05, 0.1) is 41.3 Å². The molecule has 6 N–H and O–H groups in total. The van der Waals surface area contributed by atoms with Crippen molar-refractivity contribution in [2.45, 2.75) is 147 Å². The number of aromatic nitrogens is 3. The van der Waals surface area contributed by atoms with E-state index in [-0.39, 0.29) is 49.3 Å². The number of amides is 4. The van der Waals surface area contributed by atoms with E-state index >= 15 is 0 Å². The summed E-state index contributed by atoms with van der Waals surface area (Å²) in [5, 5.41) is 23.6. The number of aliphatic hydroxyl groups is 1. The molecule has 1 saturated carbocycles. The molecule has 0 bridgehead atoms. The van der Waals surface area contributed by atoms with Gasteiger partial charge in [0, 0.05) is 36.2 Å². The number of aromatic amines is 1. The van der Waals surface area contributed by atoms with Crippen LogP contribution in [0.15, 0.2) is 67.3 Å². The Morgan fingerprint density at radius 2 is 1.52 bits per heavy atom. The van der Waals surface area contributed by atoms with E-state index in [0.29, 0.717) is 24.2 Å². The Hall–Kier alpha value is -4.63. The van der Waals surface area contributed by atoms with Crippen LogP contribution in [0.1, 0.15) is 110 Å². The van der Waals surface area contributed by atoms with Gasteiger partial charge in [0.1, 0.15) is 12.1 Å². The average Bonchev–Trinajstić information content (AvgIpc) is 3.70. The van der Waals surface area contributed by atoms with Gasteiger partial charge < -0.3 is 31.4 Å². The number of pyridine rings is 1. The smallest absolute Gasteiger partial charge is 0.243 e. The number of H-pyrrole nitrogens is 1. The van der Waals surface area contributed by atoms with Crippen molar-refractivity contribution >= 4 is 33.5 Å². The Bertz CT molecular complexity index is 1900. The quantitative estimate of drug-likeness (QED) is 0.0846. The fourth-order valence-electron chi connectivity index (χ4n) is 7.68. The van der Waals surface area contributed by atoms with E-state index in [4.69, 9.17) is 0 Å². The Labute approximate surface area is 356 Å². The molecule has 2 aromatic heterocycles. The number of hydrogen-bond donors (Lipinski definition) is 6. The normalized spacial score (nSPS) is 16.8. The number of carbonyl (C=O) groups is 4. The second kappa shape index (κ2) is 22.8. The van der Waals surface area contributed by atoms with Crippen LogP contribution in [0, 0.1) is 17.8 Å². The zero-order valence-corrected chi connectivity index (χ0v) is 37.0. The van der Waals surface area contributed by atoms with E-state index in [0.717, 1.165) is 37.7 Å². The number of aliphatic hydroxyl groups excluding tert-OH is 1. The highest BCUT2D eigenvalue weighted by Crippen LogP contribution is 2.29. The Morgan fingerprint density at radius 1 is 0.833 bits per heavy atom. The molecule has 0 saturated heterocycles. The number of rotatable bonds is 22. The third kappa shape index (κ3) is 15.8. The van der Waals surface area contributed by atoms with Gasteiger partial charge in [0.15, 0.2) is 9.84 Å². The fourth-order valence-corrected chi connectivity index (χ4v) is 8.98. The van der Waals surface area contributed by atoms with Gasteiger partial charge in [-0.05, 0) is 82.9 Å². The van der Waals surface area contributed by atoms with E-state index in [1.165, 1.54) is 6.33 Å². The first-order valence-electron chi connectivity index (χ1n) is 21.4. The average molecular weight is 850 g/mol. The monoisotopic (exact) mass is 849 g/mol. The first-order valence-corrected chi connectivity index (χ1v) is 23.1. The Balaban J connectivity index is 1.51. The van der Waals surface area contributed by atoms with Crippen LogP contribution < -0.4 is 21.3 Å². The summed E-state index contributed by atoms with van der Waals surface area (Å²) in [6.07, 6.45) is 9.97. The van der Waals surface area contributed by atoms with Gasteiger partial charge in [-0.25, -0.2) is 13.4 Å². The summed E-state index contributed by atoms with van der Waals surface area (Å²) in [6.45, 7) is 10.5. The predicted octanol–water partition coefficient (Wildman–Crippen LogP) is 4.39. The fraction of sp³-hybridized carbons (Fsp3) is 0.600. The van der Waals surface area contributed by atoms with Crippen molar-refractivity contribution in [1.82, 2.24) is 36.2 Å². The highest BCUT2D eigenvalue weighted by atomic mass is 32.2. The summed E-state index contributed by atoms with van der Waals surface area (Å²) in [5.41, 5.74) is 1.96. The van der Waals surface area contributed by atoms with Crippen LogP contribution in [-0.4, -0.2) is 92.9 Å². The molecule has 4 rings (SSSR count). The zero-order chi connectivity index (χ0) is 43.9. The lowest BCUT2D eigenvalue weighted by atomic mass is 9.83. The SMILES string of the molecule is CC(C)CC(NC(=O)Cc1ccccn1)C(=O)N[C@H](C)C[C@H](O)[C@H](CC1CCCCC1)NC(=O)C(Cc1cnc[nH]1)NC(=O)C(Cc1ccccc1)CS(=O)(=O)C(C)(C)C. The van der Waals surface area contributed by atoms with Gasteiger partial charge in [-0.15, -0.1) is 0 Å². The highest BCUT2D eigenvalue weighted by Gasteiger charge is 2.37. The van der Waals surface area contributed by atoms with Gasteiger partial charge in [-0.3, -0.25) is 24.2 Å². The minimum Gasteiger partial charge on any atom is -0.391 e. The van der Waals surface area contributed by atoms with Crippen molar-refractivity contribution in [1.29, 1.82) is 0 Å². The minimum absolute atomic E-state index is 0.0328. The van der Waals surface area contributed by atoms with Crippen molar-refractivity contribution < 1.29 is 32.7 Å². The van der Waals surface area contributed by atoms with Crippen LogP contribution in [-0.2, 0) is 48.3 Å². The van der Waals surface area contributed by atoms with Gasteiger partial charge in [-0.2, -0.15) is 0 Å². The molecule has 330 valence electrons. The lowest BCUT2D eigenvalue weighted by Crippen LogP contribution is -2.56. The number of benzene rings is 1. The maximum Gasteiger partial charge on any atom is 0.243 e. The van der Waals surface area contributed by atoms with E-state index in [2.05, 4.69) is 36.2 Å². The second-order valence-electron chi connectivity index (χ2n) is 17.9. The molecule has 60 heavy (non-hydrogen) atoms. The van der Waals surface area contributed by atoms with Crippen molar-refractivity contribution in [2.24, 2.45) is 17.8 Å². The molecule has 1 aliphatic carbocycles. The first kappa shape index (κ1) is 48.0. The third-order valence-electron chi connectivity index (χ3n) is 11.2. The summed E-state index contributed by atoms with van der Waals surface area (Å²) in [5.74, 6) is -2.82. The maximum absolute atomic E-state index is 14.4. The van der Waals surface area contributed by atoms with Crippen molar-refractivity contribution in [3.8, 4) is 0 Å². The van der Waals surface area contributed by atoms with E-state index < -0.39 is 68.3 Å². The molecule has 3 aromatic rings. The lowest BCUT2D eigenvalue weighted by molar-refractivity contribution is -0.131. The van der Waals surface area contributed by atoms with Crippen molar-refractivity contribution in [3.63, 3.8) is 0 Å². The van der Waals surface area contributed by atoms with Gasteiger partial charge in [-0.1, -0.05) is 82.3 Å². The van der Waals surface area contributed by atoms with Gasteiger partial charge >= 0.3 is 0 Å². The molecule has 1 aromatic carbocycles. The molecule has 2 heterocycles. The summed E-state index contributed by atoms with van der Waals surface area (Å²) in [6, 6.07) is 11.3. The molecule has 1 aliphatic rings. The lowest BCUT2D eigenvalue weighted by Gasteiger charge is -2.33. The molecule has 0 aliphatic heterocycles. The van der Waals surface area contributed by atoms with Crippen LogP contribution in [0.5, 0.6) is 0 Å². The largest absolute Gasteiger partial charge is 0.391 e. The molecule has 1 fully saturated rings. The van der Waals surface area contributed by atoms with E-state index in [1.807, 2.05) is 44.2 Å². The molecule has 4 amide bonds. The maximum atomic E-state index is 14.4. The predicted molar refractivity (Wildman–Crippen MR) is 232 cm³/mol. The molecule has 3 unspecified atom stereocenters. The number of imidazole rings is 1. The third-order valence-corrected chi connectivity index (χ3v) is 13.9. The molecular weight excluding hydrogens is 783 g/mol. The van der Waals surface area contributed by atoms with E-state index in [1.54, 1.807) is 58.3 Å². The Morgan fingerprint density at radius 3 is 2.13 bits per heavy atom. The summed E-state index contributed by atoms with van der Waals surface area (Å²) in [4.78, 5) is 66.4. The summed E-state index contributed by atoms with van der Waals surface area (Å²) >= 11 is 0. The van der Waals surface area contributed by atoms with Crippen molar-refractivity contribution in [3.05, 3.63) is 84.2 Å². The molecule has 14 nitrogen and oxygen atoms in total. The van der Waals surface area contributed by atoms with Crippen LogP contribution in [0.3, 0.4) is 0 Å². The van der Waals surface area contributed by atoms with Crippen LogP contribution >= 0.6 is 0 Å². The molecular formula is C45H67N7O7S. The highest BCUT2D eigenvalue weighted by molar-refractivity contribution is 7.92. The van der Waals surface area contributed by atoms with E-state index in [9.17, 15) is 32.7 Å². The molecule has 15 heteroatoms. The zero-order valence-electron chi connectivity index (χ0n) is 36.2. The van der Waals surface area contributed by atoms with Gasteiger partial charge in [0.2, 0.25) is 23.6 Å². The summed E-state index contributed by atoms with van der Waals surface area (Å²) in [7, 11) is -3.73. The number of sulfone groups is 1. The topological polar surface area (TPSA) is 212 Å². The molecule has 6 atom stereocenters. The second-order valence-corrected chi connectivity index (χ2v) is 20.7. The van der Waals surface area contributed by atoms with Crippen LogP contribution in [0.2, 0.25) is 0 Å². The van der Waals surface area contributed by atoms with Gasteiger partial charge in [0.25, 0.3) is 0 Å². The molecule has 0 radical (unpaired) electrons. The number of carbonyl (C=O) groups excluding carboxylic acids is 4. The number of nitrogens with zero attached hydrogens (tertiary/aromatic N) is 2. The molecule has 0 spiro atoms. The van der Waals surface area contributed by atoms with Crippen LogP contribution in [0.25, 0.3) is 0 Å². The standard InChI is InChI=1S/C45H67N7O7S/c1-30(2)21-38(50-41(54)26-35-19-13-14-20-47-35)43(56)49-31(3)22-40(53)37(24-33-17-11-8-12-18-33)51-44(57)39(25-36-27-46-29-48-36)52-42(55)34(23-32-15-9-7-10-16-32)28-60(58,59)45(4,5)6/h7,9-10,13-16,19-20,27,29-31,33-34,37-40,53H,8,11-12,17-18,21-26,28H2,1-6H3,(H,46,48)(H,49,56)(H,50,54)(H,51,57)(H,52,55)/t31-,34?,37+,38?,39?,40+/m1/s1. The minimum atomic E-state index is -3.73. The van der Waals surface area contributed by atoms with Crippen LogP contribution in [0.4, 0.5) is 0 Å². The number of nitrogens with one attached hydrogen (secondary N) is 5. The van der Waals surface area contributed by atoms with Crippen molar-refractivity contribution in [2.75, 3.05) is 5.75 Å². The number of hydrogen-bond acceptors (Lipinski definition) is 9. The Kier molecular flexibility index (Phi) is 18.3. The summed E-state index contributed by atoms with van der Waals surface area (Å²) < 4.78 is 25.8. The first-order chi connectivity index (χ1) is 28.4.